The minimum absolute atomic E-state index is 0.0689. The predicted molar refractivity (Wildman–Crippen MR) is 343 cm³/mol. The highest BCUT2D eigenvalue weighted by Gasteiger charge is 2.51. The number of methoxy groups -OCH3 is 1. The molecule has 0 aliphatic carbocycles. The van der Waals surface area contributed by atoms with E-state index in [1.165, 1.54) is 45.9 Å². The number of aromatic nitrogens is 4. The predicted octanol–water partition coefficient (Wildman–Crippen LogP) is 12.4. The molecule has 84 heavy (non-hydrogen) atoms. The number of anilines is 2. The Balaban J connectivity index is 1.18. The number of halogens is 1. The molecule has 0 bridgehead atoms. The maximum atomic E-state index is 15.4. The molecule has 0 fully saturated rings. The highest BCUT2D eigenvalue weighted by atomic mass is 32.1. The monoisotopic (exact) mass is 1210 g/mol. The second-order valence-corrected chi connectivity index (χ2v) is 36.3. The number of hydrogen-bond donors (Lipinski definition) is 0. The van der Waals surface area contributed by atoms with Gasteiger partial charge in [-0.15, -0.1) is 21.5 Å². The molecule has 15 nitrogen and oxygen atoms in total. The van der Waals surface area contributed by atoms with Crippen LogP contribution in [0.1, 0.15) is 87.3 Å². The van der Waals surface area contributed by atoms with Gasteiger partial charge in [-0.3, -0.25) is 4.57 Å². The van der Waals surface area contributed by atoms with Gasteiger partial charge in [0.25, 0.3) is 8.32 Å². The molecule has 1 atom stereocenters. The van der Waals surface area contributed by atoms with Crippen molar-refractivity contribution in [3.8, 4) is 17.6 Å². The number of fused-ring (bicyclic) bond motifs is 1. The van der Waals surface area contributed by atoms with Crippen LogP contribution in [-0.2, 0) is 31.8 Å². The largest absolute Gasteiger partial charge is 0.491 e. The molecule has 1 amide bonds. The lowest BCUT2D eigenvalue weighted by molar-refractivity contribution is 0.0320. The molecule has 3 aromatic heterocycles. The molecular weight excluding hydrogens is 1130 g/mol. The lowest BCUT2D eigenvalue weighted by atomic mass is 10.2. The molecule has 7 rings (SSSR count). The summed E-state index contributed by atoms with van der Waals surface area (Å²) in [6.07, 6.45) is 1.52. The third-order valence-corrected chi connectivity index (χ3v) is 22.7. The zero-order chi connectivity index (χ0) is 60.8. The summed E-state index contributed by atoms with van der Waals surface area (Å²) in [7, 11) is 2.86. The van der Waals surface area contributed by atoms with Crippen LogP contribution in [0.2, 0.25) is 30.7 Å². The zero-order valence-electron chi connectivity index (χ0n) is 51.4. The maximum Gasteiger partial charge on any atom is 0.410 e. The van der Waals surface area contributed by atoms with E-state index in [4.69, 9.17) is 43.5 Å². The molecule has 0 saturated heterocycles. The molecule has 4 aromatic carbocycles. The zero-order valence-corrected chi connectivity index (χ0v) is 55.0. The van der Waals surface area contributed by atoms with Gasteiger partial charge in [0.05, 0.1) is 36.6 Å². The minimum Gasteiger partial charge on any atom is -0.491 e. The van der Waals surface area contributed by atoms with Crippen molar-refractivity contribution in [2.75, 3.05) is 66.0 Å². The lowest BCUT2D eigenvalue weighted by Gasteiger charge is -2.45. The molecule has 0 N–H and O–H groups in total. The molecule has 448 valence electrons. The number of carbonyl (C=O) groups excluding carboxylic acids is 2. The number of ether oxygens (including phenoxy) is 4. The van der Waals surface area contributed by atoms with Crippen molar-refractivity contribution >= 4 is 88.5 Å². The Bertz CT molecular complexity index is 3420. The first-order valence-corrected chi connectivity index (χ1v) is 35.8. The molecule has 0 spiro atoms. The molecule has 0 aliphatic heterocycles. The van der Waals surface area contributed by atoms with E-state index in [0.717, 1.165) is 26.6 Å². The SMILES string of the molecule is COC(=O)c1nc(N(CCCC(CN(C)C)O[Si](c2ccccc2)(c2ccccc2)C(C)(C)C)c2cc(C)c(/N=c3\sc4ccccc4n3COCC[Si](C)(C)C)nn2)sc1CCCOc1ccc(C#CCN(C)C(=O)OC(C)(C)C)cc1F. The minimum atomic E-state index is -2.94. The van der Waals surface area contributed by atoms with Crippen LogP contribution < -0.4 is 24.8 Å². The molecular formula is C64H83FN8O7S2Si2. The van der Waals surface area contributed by atoms with E-state index in [1.807, 2.05) is 30.0 Å². The number of aryl methyl sites for hydroxylation is 2. The number of amides is 1. The fourth-order valence-electron chi connectivity index (χ4n) is 9.54. The molecule has 3 heterocycles. The van der Waals surface area contributed by atoms with Crippen LogP contribution in [0.3, 0.4) is 0 Å². The molecule has 0 saturated carbocycles. The van der Waals surface area contributed by atoms with Crippen LogP contribution in [0.25, 0.3) is 10.2 Å². The summed E-state index contributed by atoms with van der Waals surface area (Å²) in [5.74, 6) is 5.75. The Labute approximate surface area is 506 Å². The Morgan fingerprint density at radius 3 is 2.14 bits per heavy atom. The van der Waals surface area contributed by atoms with E-state index in [2.05, 4.69) is 149 Å². The third-order valence-electron chi connectivity index (χ3n) is 13.8. The number of carbonyl (C=O) groups is 2. The van der Waals surface area contributed by atoms with Crippen LogP contribution in [-0.4, -0.2) is 131 Å². The molecule has 1 unspecified atom stereocenters. The normalized spacial score (nSPS) is 12.7. The maximum absolute atomic E-state index is 15.4. The Morgan fingerprint density at radius 2 is 1.52 bits per heavy atom. The summed E-state index contributed by atoms with van der Waals surface area (Å²) in [6.45, 7) is 23.7. The third kappa shape index (κ3) is 17.5. The number of thiazole rings is 2. The van der Waals surface area contributed by atoms with Crippen LogP contribution in [0.5, 0.6) is 5.75 Å². The quantitative estimate of drug-likeness (QED) is 0.0232. The first-order chi connectivity index (χ1) is 39.9. The van der Waals surface area contributed by atoms with Gasteiger partial charge in [0.2, 0.25) is 0 Å². The number of para-hydroxylation sites is 1. The Hall–Kier alpha value is -6.58. The number of nitrogens with zero attached hydrogens (tertiary/aromatic N) is 8. The van der Waals surface area contributed by atoms with Crippen molar-refractivity contribution in [3.63, 3.8) is 0 Å². The van der Waals surface area contributed by atoms with Gasteiger partial charge in [0.15, 0.2) is 38.8 Å². The van der Waals surface area contributed by atoms with Crippen LogP contribution >= 0.6 is 22.7 Å². The fraction of sp³-hybridized carbons (Fsp3) is 0.438. The lowest BCUT2D eigenvalue weighted by Crippen LogP contribution is -2.68. The molecule has 7 aromatic rings. The average Bonchev–Trinajstić information content (AvgIpc) is 1.35. The second-order valence-electron chi connectivity index (χ2n) is 24.4. The van der Waals surface area contributed by atoms with Crippen LogP contribution in [0.4, 0.5) is 26.0 Å². The van der Waals surface area contributed by atoms with E-state index < -0.39 is 39.9 Å². The average molecular weight is 1220 g/mol. The number of rotatable bonds is 25. The standard InChI is InChI=1S/C64H83FN8O7S2Si2/c1-46-42-56(68-69-58(46)67-61-73(45-77-40-41-83(12,13)14)52-32-21-22-33-54(52)81-61)72(38-24-27-48(44-70(8)9)80-84(64(5,6)7,49-28-17-15-18-29-49)50-30-19-16-20-31-50)60-66-57(59(74)76-11)55(82-60)34-25-39-78-53-36-35-47(43-51(53)65)26-23-37-71(10)62(75)79-63(2,3)4/h15-22,28-33,35-36,42-43,48H,24-25,27,34,37-41,44-45H2,1-14H3/b67-61-. The van der Waals surface area contributed by atoms with Crippen LogP contribution in [0.15, 0.2) is 114 Å². The van der Waals surface area contributed by atoms with E-state index in [1.54, 1.807) is 45.2 Å². The van der Waals surface area contributed by atoms with Crippen LogP contribution in [0, 0.1) is 24.6 Å². The van der Waals surface area contributed by atoms with Crippen molar-refractivity contribution in [1.29, 1.82) is 0 Å². The van der Waals surface area contributed by atoms with Gasteiger partial charge in [-0.05, 0) is 131 Å². The second kappa shape index (κ2) is 29.0. The van der Waals surface area contributed by atoms with Gasteiger partial charge in [-0.25, -0.2) is 19.0 Å². The highest BCUT2D eigenvalue weighted by Crippen LogP contribution is 2.39. The summed E-state index contributed by atoms with van der Waals surface area (Å²) >= 11 is 2.95. The summed E-state index contributed by atoms with van der Waals surface area (Å²) in [5.41, 5.74) is 1.82. The smallest absolute Gasteiger partial charge is 0.410 e. The van der Waals surface area contributed by atoms with E-state index in [-0.39, 0.29) is 35.7 Å². The summed E-state index contributed by atoms with van der Waals surface area (Å²) in [6, 6.07) is 37.2. The number of benzene rings is 4. The Morgan fingerprint density at radius 1 is 0.845 bits per heavy atom. The highest BCUT2D eigenvalue weighted by molar-refractivity contribution is 7.16. The van der Waals surface area contributed by atoms with E-state index >= 15 is 4.39 Å². The number of likely N-dealkylation sites (N-methyl/N-ethyl adjacent to an activating group) is 1. The fourth-order valence-corrected chi connectivity index (χ4v) is 17.1. The van der Waals surface area contributed by atoms with Crippen molar-refractivity contribution in [2.24, 2.45) is 4.99 Å². The van der Waals surface area contributed by atoms with Crippen molar-refractivity contribution in [1.82, 2.24) is 29.5 Å². The van der Waals surface area contributed by atoms with Gasteiger partial charge in [-0.2, -0.15) is 4.99 Å². The van der Waals surface area contributed by atoms with Gasteiger partial charge in [0.1, 0.15) is 12.3 Å². The first kappa shape index (κ1) is 65.0. The first-order valence-electron chi connectivity index (χ1n) is 28.6. The summed E-state index contributed by atoms with van der Waals surface area (Å²) in [5, 5.41) is 12.4. The molecule has 20 heteroatoms. The van der Waals surface area contributed by atoms with Gasteiger partial charge >= 0.3 is 12.1 Å². The molecule has 0 aliphatic rings. The van der Waals surface area contributed by atoms with Gasteiger partial charge in [0, 0.05) is 45.3 Å². The van der Waals surface area contributed by atoms with Gasteiger partial charge in [-0.1, -0.05) is 136 Å². The van der Waals surface area contributed by atoms with E-state index in [9.17, 15) is 9.59 Å². The van der Waals surface area contributed by atoms with E-state index in [0.29, 0.717) is 79.3 Å². The topological polar surface area (TPSA) is 146 Å². The molecule has 0 radical (unpaired) electrons. The Kier molecular flexibility index (Phi) is 22.4. The van der Waals surface area contributed by atoms with Crippen molar-refractivity contribution in [3.05, 3.63) is 142 Å². The number of esters is 1. The number of hydrogen-bond acceptors (Lipinski definition) is 15. The van der Waals surface area contributed by atoms with Crippen molar-refractivity contribution in [2.45, 2.75) is 123 Å². The van der Waals surface area contributed by atoms with Crippen molar-refractivity contribution < 1.29 is 37.4 Å². The summed E-state index contributed by atoms with van der Waals surface area (Å²) < 4.78 is 49.3. The van der Waals surface area contributed by atoms with Gasteiger partial charge < -0.3 is 38.1 Å². The summed E-state index contributed by atoms with van der Waals surface area (Å²) in [4.78, 5) is 43.1.